The lowest BCUT2D eigenvalue weighted by atomic mass is 10.4. The van der Waals surface area contributed by atoms with Crippen LogP contribution in [0.2, 0.25) is 0 Å². The first-order valence-corrected chi connectivity index (χ1v) is 6.33. The lowest BCUT2D eigenvalue weighted by Crippen LogP contribution is -2.40. The second-order valence-electron chi connectivity index (χ2n) is 3.80. The van der Waals surface area contributed by atoms with Crippen molar-refractivity contribution in [1.82, 2.24) is 15.2 Å². The van der Waals surface area contributed by atoms with Gasteiger partial charge in [-0.1, -0.05) is 17.0 Å². The molecule has 0 aromatic carbocycles. The van der Waals surface area contributed by atoms with Gasteiger partial charge in [-0.2, -0.15) is 5.01 Å². The normalized spacial score (nSPS) is 17.1. The third kappa shape index (κ3) is 2.47. The second-order valence-corrected chi connectivity index (χ2v) is 4.79. The summed E-state index contributed by atoms with van der Waals surface area (Å²) in [6.45, 7) is 0.142. The van der Waals surface area contributed by atoms with Crippen LogP contribution >= 0.6 is 11.8 Å². The average Bonchev–Trinajstić information content (AvgIpc) is 2.84. The van der Waals surface area contributed by atoms with Crippen molar-refractivity contribution < 1.29 is 19.5 Å². The Hall–Kier alpha value is -2.43. The molecule has 20 heavy (non-hydrogen) atoms. The van der Waals surface area contributed by atoms with E-state index in [-0.39, 0.29) is 29.0 Å². The summed E-state index contributed by atoms with van der Waals surface area (Å²) in [6, 6.07) is -0.392. The van der Waals surface area contributed by atoms with E-state index < -0.39 is 17.8 Å². The highest BCUT2D eigenvalue weighted by Crippen LogP contribution is 2.25. The van der Waals surface area contributed by atoms with Crippen LogP contribution in [-0.4, -0.2) is 57.3 Å². The van der Waals surface area contributed by atoms with E-state index in [0.29, 0.717) is 0 Å². The highest BCUT2D eigenvalue weighted by molar-refractivity contribution is 8.14. The van der Waals surface area contributed by atoms with Crippen LogP contribution in [0.3, 0.4) is 0 Å². The SMILES string of the molecule is CN1N=NC2=C(C(=N)SCC(=O)C(=O)O)NCN2C1=O. The molecular weight excluding hydrogens is 288 g/mol. The third-order valence-corrected chi connectivity index (χ3v) is 3.39. The van der Waals surface area contributed by atoms with Crippen LogP contribution in [0.25, 0.3) is 0 Å². The maximum absolute atomic E-state index is 11.7. The molecular formula is C9H10N6O4S. The van der Waals surface area contributed by atoms with Crippen molar-refractivity contribution in [2.45, 2.75) is 0 Å². The number of hydrogen-bond donors (Lipinski definition) is 3. The van der Waals surface area contributed by atoms with Gasteiger partial charge in [-0.3, -0.25) is 15.1 Å². The Morgan fingerprint density at radius 1 is 1.55 bits per heavy atom. The molecule has 0 bridgehead atoms. The van der Waals surface area contributed by atoms with Crippen LogP contribution in [0.1, 0.15) is 0 Å². The minimum atomic E-state index is -1.54. The summed E-state index contributed by atoms with van der Waals surface area (Å²) >= 11 is 0.747. The first-order valence-electron chi connectivity index (χ1n) is 5.34. The Morgan fingerprint density at radius 3 is 2.90 bits per heavy atom. The number of fused-ring (bicyclic) bond motifs is 1. The molecule has 0 aliphatic carbocycles. The van der Waals surface area contributed by atoms with Gasteiger partial charge in [0.05, 0.1) is 12.4 Å². The van der Waals surface area contributed by atoms with Crippen molar-refractivity contribution in [1.29, 1.82) is 5.41 Å². The fourth-order valence-corrected chi connectivity index (χ4v) is 2.19. The Bertz CT molecular complexity index is 571. The van der Waals surface area contributed by atoms with E-state index in [2.05, 4.69) is 15.7 Å². The molecule has 2 aliphatic rings. The number of ketones is 1. The number of carboxylic acids is 1. The zero-order valence-corrected chi connectivity index (χ0v) is 11.1. The Balaban J connectivity index is 2.11. The molecule has 0 saturated carbocycles. The highest BCUT2D eigenvalue weighted by Gasteiger charge is 2.34. The molecule has 0 spiro atoms. The number of amides is 2. The number of Topliss-reactive ketones (excluding diaryl/α,β-unsaturated/α-hetero) is 1. The van der Waals surface area contributed by atoms with Gasteiger partial charge in [0.25, 0.3) is 0 Å². The van der Waals surface area contributed by atoms with E-state index >= 15 is 0 Å². The lowest BCUT2D eigenvalue weighted by Gasteiger charge is -2.23. The molecule has 2 aliphatic heterocycles. The number of thioether (sulfide) groups is 1. The van der Waals surface area contributed by atoms with Crippen molar-refractivity contribution in [3.8, 4) is 0 Å². The molecule has 0 radical (unpaired) electrons. The molecule has 0 saturated heterocycles. The molecule has 0 aromatic rings. The van der Waals surface area contributed by atoms with Crippen molar-refractivity contribution in [2.24, 2.45) is 10.3 Å². The predicted octanol–water partition coefficient (Wildman–Crippen LogP) is -0.185. The molecule has 11 heteroatoms. The topological polar surface area (TPSA) is 139 Å². The van der Waals surface area contributed by atoms with Gasteiger partial charge in [0.1, 0.15) is 10.7 Å². The Morgan fingerprint density at radius 2 is 2.25 bits per heavy atom. The number of hydrogen-bond acceptors (Lipinski definition) is 8. The summed E-state index contributed by atoms with van der Waals surface area (Å²) in [4.78, 5) is 34.4. The number of rotatable bonds is 4. The lowest BCUT2D eigenvalue weighted by molar-refractivity contribution is -0.147. The van der Waals surface area contributed by atoms with Gasteiger partial charge in [0.15, 0.2) is 5.82 Å². The second kappa shape index (κ2) is 5.28. The third-order valence-electron chi connectivity index (χ3n) is 2.49. The van der Waals surface area contributed by atoms with E-state index in [4.69, 9.17) is 10.5 Å². The van der Waals surface area contributed by atoms with Gasteiger partial charge in [-0.05, 0) is 0 Å². The van der Waals surface area contributed by atoms with Crippen LogP contribution in [0.4, 0.5) is 4.79 Å². The van der Waals surface area contributed by atoms with Gasteiger partial charge in [-0.15, -0.1) is 5.11 Å². The number of aliphatic carboxylic acids is 1. The quantitative estimate of drug-likeness (QED) is 0.373. The molecule has 0 fully saturated rings. The molecule has 10 nitrogen and oxygen atoms in total. The van der Waals surface area contributed by atoms with Crippen LogP contribution < -0.4 is 5.32 Å². The number of nitrogens with one attached hydrogen (secondary N) is 2. The Labute approximate surface area is 117 Å². The minimum Gasteiger partial charge on any atom is -0.475 e. The summed E-state index contributed by atoms with van der Waals surface area (Å²) in [7, 11) is 1.45. The number of nitrogens with zero attached hydrogens (tertiary/aromatic N) is 4. The zero-order chi connectivity index (χ0) is 14.9. The van der Waals surface area contributed by atoms with Crippen molar-refractivity contribution >= 4 is 34.6 Å². The van der Waals surface area contributed by atoms with Gasteiger partial charge in [0, 0.05) is 7.05 Å². The molecule has 2 rings (SSSR count). The monoisotopic (exact) mass is 298 g/mol. The zero-order valence-electron chi connectivity index (χ0n) is 10.3. The average molecular weight is 298 g/mol. The number of carboxylic acid groups (broad SMARTS) is 1. The maximum atomic E-state index is 11.7. The van der Waals surface area contributed by atoms with E-state index in [1.165, 1.54) is 11.9 Å². The molecule has 106 valence electrons. The van der Waals surface area contributed by atoms with Crippen LogP contribution in [0.5, 0.6) is 0 Å². The Kier molecular flexibility index (Phi) is 3.70. The van der Waals surface area contributed by atoms with E-state index in [0.717, 1.165) is 16.8 Å². The summed E-state index contributed by atoms with van der Waals surface area (Å²) in [6.07, 6.45) is 0. The minimum absolute atomic E-state index is 0.0756. The first kappa shape index (κ1) is 14.0. The van der Waals surface area contributed by atoms with Gasteiger partial charge in [0.2, 0.25) is 5.78 Å². The smallest absolute Gasteiger partial charge is 0.373 e. The summed E-state index contributed by atoms with van der Waals surface area (Å²) in [5, 5.41) is 27.5. The van der Waals surface area contributed by atoms with E-state index in [1.54, 1.807) is 0 Å². The van der Waals surface area contributed by atoms with Crippen molar-refractivity contribution in [3.05, 3.63) is 11.5 Å². The maximum Gasteiger partial charge on any atom is 0.373 e. The standard InChI is InChI=1S/C9H10N6O4S/c1-14-9(19)15-3-11-5(7(15)12-13-14)6(10)20-2-4(16)8(17)18/h10-11H,2-3H2,1H3,(H,17,18). The molecule has 0 atom stereocenters. The number of carbonyl (C=O) groups excluding carboxylic acids is 2. The largest absolute Gasteiger partial charge is 0.475 e. The van der Waals surface area contributed by atoms with Gasteiger partial charge in [-0.25, -0.2) is 9.59 Å². The molecule has 2 amide bonds. The van der Waals surface area contributed by atoms with Crippen molar-refractivity contribution in [2.75, 3.05) is 19.5 Å². The predicted molar refractivity (Wildman–Crippen MR) is 67.7 cm³/mol. The van der Waals surface area contributed by atoms with Crippen LogP contribution in [0, 0.1) is 5.41 Å². The highest BCUT2D eigenvalue weighted by atomic mass is 32.2. The molecule has 2 heterocycles. The van der Waals surface area contributed by atoms with E-state index in [9.17, 15) is 14.4 Å². The molecule has 0 unspecified atom stereocenters. The van der Waals surface area contributed by atoms with Gasteiger partial charge < -0.3 is 10.4 Å². The van der Waals surface area contributed by atoms with E-state index in [1.807, 2.05) is 0 Å². The molecule has 0 aromatic heterocycles. The number of urea groups is 1. The fourth-order valence-electron chi connectivity index (χ4n) is 1.49. The summed E-state index contributed by atoms with van der Waals surface area (Å²) in [5.74, 6) is -2.72. The van der Waals surface area contributed by atoms with Gasteiger partial charge >= 0.3 is 12.0 Å². The van der Waals surface area contributed by atoms with Crippen LogP contribution in [-0.2, 0) is 9.59 Å². The summed E-state index contributed by atoms with van der Waals surface area (Å²) < 4.78 is 0. The fraction of sp³-hybridized carbons (Fsp3) is 0.333. The number of carbonyl (C=O) groups is 3. The first-order chi connectivity index (χ1) is 9.41. The van der Waals surface area contributed by atoms with Crippen molar-refractivity contribution in [3.63, 3.8) is 0 Å². The van der Waals surface area contributed by atoms with Crippen LogP contribution in [0.15, 0.2) is 21.9 Å². The summed E-state index contributed by atoms with van der Waals surface area (Å²) in [5.41, 5.74) is 0.249. The molecule has 3 N–H and O–H groups in total.